The molecule has 0 saturated heterocycles. The molecule has 0 saturated carbocycles. The number of carbonyl (C=O) groups is 1. The predicted molar refractivity (Wildman–Crippen MR) is 102 cm³/mol. The number of ether oxygens (including phenoxy) is 3. The Morgan fingerprint density at radius 2 is 1.39 bits per heavy atom. The molecule has 0 unspecified atom stereocenters. The largest absolute Gasteiger partial charge is 0.497 e. The fourth-order valence-electron chi connectivity index (χ4n) is 3.56. The normalized spacial score (nSPS) is 13.7. The Morgan fingerprint density at radius 3 is 1.89 bits per heavy atom. The van der Waals surface area contributed by atoms with E-state index in [9.17, 15) is 15.0 Å². The number of carboxylic acids is 1. The quantitative estimate of drug-likeness (QED) is 0.718. The molecule has 1 aliphatic heterocycles. The average molecular weight is 378 g/mol. The third-order valence-electron chi connectivity index (χ3n) is 4.92. The maximum absolute atomic E-state index is 12.0. The van der Waals surface area contributed by atoms with Crippen molar-refractivity contribution in [2.45, 2.75) is 5.60 Å². The topological polar surface area (TPSA) is 85.2 Å². The van der Waals surface area contributed by atoms with E-state index in [2.05, 4.69) is 0 Å². The Hall–Kier alpha value is -3.51. The SMILES string of the molecule is COc1ccc2c(c1)Oc1cc(OC)ccc1C2(O)c1ccccc1C(=O)O. The number of hydrogen-bond donors (Lipinski definition) is 2. The predicted octanol–water partition coefficient (Wildman–Crippen LogP) is 3.79. The molecule has 0 aromatic heterocycles. The molecule has 2 N–H and O–H groups in total. The first-order chi connectivity index (χ1) is 13.5. The van der Waals surface area contributed by atoms with Crippen LogP contribution in [0.4, 0.5) is 0 Å². The van der Waals surface area contributed by atoms with Gasteiger partial charge < -0.3 is 24.4 Å². The number of aromatic carboxylic acids is 1. The molecular formula is C22H18O6. The molecule has 3 aromatic carbocycles. The van der Waals surface area contributed by atoms with Crippen LogP contribution in [0.2, 0.25) is 0 Å². The zero-order chi connectivity index (χ0) is 19.9. The second kappa shape index (κ2) is 6.58. The maximum Gasteiger partial charge on any atom is 0.336 e. The van der Waals surface area contributed by atoms with Crippen molar-refractivity contribution >= 4 is 5.97 Å². The first-order valence-electron chi connectivity index (χ1n) is 8.59. The van der Waals surface area contributed by atoms with Crippen LogP contribution in [-0.2, 0) is 5.60 Å². The molecule has 0 fully saturated rings. The summed E-state index contributed by atoms with van der Waals surface area (Å²) >= 11 is 0. The summed E-state index contributed by atoms with van der Waals surface area (Å²) in [7, 11) is 3.07. The van der Waals surface area contributed by atoms with Crippen molar-refractivity contribution in [1.82, 2.24) is 0 Å². The van der Waals surface area contributed by atoms with Crippen molar-refractivity contribution in [3.8, 4) is 23.0 Å². The zero-order valence-corrected chi connectivity index (χ0v) is 15.3. The first kappa shape index (κ1) is 17.9. The Balaban J connectivity index is 2.06. The van der Waals surface area contributed by atoms with Crippen LogP contribution in [0.5, 0.6) is 23.0 Å². The van der Waals surface area contributed by atoms with Gasteiger partial charge in [0, 0.05) is 28.8 Å². The standard InChI is InChI=1S/C22H18O6/c1-26-13-7-9-17-19(11-13)28-20-12-14(27-2)8-10-18(20)22(17,25)16-6-4-3-5-15(16)21(23)24/h3-12,25H,1-2H3,(H,23,24). The summed E-state index contributed by atoms with van der Waals surface area (Å²) in [6, 6.07) is 16.5. The second-order valence-corrected chi connectivity index (χ2v) is 6.39. The fourth-order valence-corrected chi connectivity index (χ4v) is 3.56. The summed E-state index contributed by atoms with van der Waals surface area (Å²) in [5.74, 6) is 0.740. The number of aliphatic hydroxyl groups is 1. The minimum absolute atomic E-state index is 0.00966. The van der Waals surface area contributed by atoms with Crippen LogP contribution < -0.4 is 14.2 Å². The summed E-state index contributed by atoms with van der Waals surface area (Å²) in [6.07, 6.45) is 0. The highest BCUT2D eigenvalue weighted by atomic mass is 16.5. The van der Waals surface area contributed by atoms with Crippen molar-refractivity contribution in [2.75, 3.05) is 14.2 Å². The van der Waals surface area contributed by atoms with Gasteiger partial charge in [-0.3, -0.25) is 0 Å². The zero-order valence-electron chi connectivity index (χ0n) is 15.3. The highest BCUT2D eigenvalue weighted by Crippen LogP contribution is 2.52. The van der Waals surface area contributed by atoms with Gasteiger partial charge in [-0.15, -0.1) is 0 Å². The fraction of sp³-hybridized carbons (Fsp3) is 0.136. The van der Waals surface area contributed by atoms with Crippen molar-refractivity contribution in [3.05, 3.63) is 82.9 Å². The number of fused-ring (bicyclic) bond motifs is 2. The summed E-state index contributed by atoms with van der Waals surface area (Å²) < 4.78 is 16.5. The van der Waals surface area contributed by atoms with Gasteiger partial charge in [-0.05, 0) is 30.3 Å². The molecule has 1 aliphatic rings. The Labute approximate surface area is 161 Å². The van der Waals surface area contributed by atoms with Gasteiger partial charge in [-0.2, -0.15) is 0 Å². The van der Waals surface area contributed by atoms with Crippen LogP contribution in [0.15, 0.2) is 60.7 Å². The number of hydrogen-bond acceptors (Lipinski definition) is 5. The molecule has 0 spiro atoms. The smallest absolute Gasteiger partial charge is 0.336 e. The van der Waals surface area contributed by atoms with Crippen molar-refractivity contribution in [1.29, 1.82) is 0 Å². The monoisotopic (exact) mass is 378 g/mol. The van der Waals surface area contributed by atoms with Crippen LogP contribution in [0.25, 0.3) is 0 Å². The van der Waals surface area contributed by atoms with Crippen LogP contribution in [0.3, 0.4) is 0 Å². The summed E-state index contributed by atoms with van der Waals surface area (Å²) in [6.45, 7) is 0. The van der Waals surface area contributed by atoms with E-state index in [1.165, 1.54) is 20.3 Å². The molecule has 4 rings (SSSR count). The molecule has 0 atom stereocenters. The molecular weight excluding hydrogens is 360 g/mol. The Bertz CT molecular complexity index is 1020. The van der Waals surface area contributed by atoms with Crippen molar-refractivity contribution in [2.24, 2.45) is 0 Å². The van der Waals surface area contributed by atoms with Gasteiger partial charge in [-0.1, -0.05) is 18.2 Å². The van der Waals surface area contributed by atoms with Gasteiger partial charge >= 0.3 is 5.97 Å². The van der Waals surface area contributed by atoms with E-state index in [1.54, 1.807) is 54.6 Å². The van der Waals surface area contributed by atoms with Crippen LogP contribution in [0, 0.1) is 0 Å². The molecule has 6 nitrogen and oxygen atoms in total. The number of benzene rings is 3. The molecule has 0 radical (unpaired) electrons. The van der Waals surface area contributed by atoms with Gasteiger partial charge in [0.05, 0.1) is 19.8 Å². The molecule has 1 heterocycles. The summed E-state index contributed by atoms with van der Waals surface area (Å²) in [5.41, 5.74) is -0.602. The van der Waals surface area contributed by atoms with Gasteiger partial charge in [-0.25, -0.2) is 4.79 Å². The molecule has 0 aliphatic carbocycles. The van der Waals surface area contributed by atoms with E-state index in [1.807, 2.05) is 0 Å². The van der Waals surface area contributed by atoms with Gasteiger partial charge in [0.15, 0.2) is 0 Å². The molecule has 3 aromatic rings. The van der Waals surface area contributed by atoms with E-state index in [-0.39, 0.29) is 11.1 Å². The lowest BCUT2D eigenvalue weighted by atomic mass is 9.76. The van der Waals surface area contributed by atoms with Crippen molar-refractivity contribution in [3.63, 3.8) is 0 Å². The second-order valence-electron chi connectivity index (χ2n) is 6.39. The average Bonchev–Trinajstić information content (AvgIpc) is 2.72. The van der Waals surface area contributed by atoms with Crippen LogP contribution in [0.1, 0.15) is 27.0 Å². The number of rotatable bonds is 4. The highest BCUT2D eigenvalue weighted by Gasteiger charge is 2.44. The molecule has 142 valence electrons. The molecule has 0 bridgehead atoms. The maximum atomic E-state index is 12.0. The van der Waals surface area contributed by atoms with Gasteiger partial charge in [0.25, 0.3) is 0 Å². The van der Waals surface area contributed by atoms with Gasteiger partial charge in [0.1, 0.15) is 28.6 Å². The Kier molecular flexibility index (Phi) is 4.20. The molecule has 28 heavy (non-hydrogen) atoms. The van der Waals surface area contributed by atoms with Gasteiger partial charge in [0.2, 0.25) is 0 Å². The van der Waals surface area contributed by atoms with E-state index in [4.69, 9.17) is 14.2 Å². The van der Waals surface area contributed by atoms with Crippen LogP contribution in [-0.4, -0.2) is 30.4 Å². The lowest BCUT2D eigenvalue weighted by Crippen LogP contribution is -2.34. The summed E-state index contributed by atoms with van der Waals surface area (Å²) in [4.78, 5) is 11.8. The third-order valence-corrected chi connectivity index (χ3v) is 4.92. The first-order valence-corrected chi connectivity index (χ1v) is 8.59. The molecule has 6 heteroatoms. The van der Waals surface area contributed by atoms with Crippen molar-refractivity contribution < 1.29 is 29.2 Å². The number of carboxylic acid groups (broad SMARTS) is 1. The van der Waals surface area contributed by atoms with E-state index < -0.39 is 11.6 Å². The van der Waals surface area contributed by atoms with E-state index in [0.29, 0.717) is 34.1 Å². The third kappa shape index (κ3) is 2.58. The lowest BCUT2D eigenvalue weighted by molar-refractivity contribution is 0.0675. The lowest BCUT2D eigenvalue weighted by Gasteiger charge is -2.37. The van der Waals surface area contributed by atoms with Crippen LogP contribution >= 0.6 is 0 Å². The Morgan fingerprint density at radius 1 is 0.857 bits per heavy atom. The summed E-state index contributed by atoms with van der Waals surface area (Å²) in [5, 5.41) is 21.7. The minimum Gasteiger partial charge on any atom is -0.497 e. The molecule has 0 amide bonds. The number of methoxy groups -OCH3 is 2. The van der Waals surface area contributed by atoms with E-state index in [0.717, 1.165) is 0 Å². The minimum atomic E-state index is -1.73. The highest BCUT2D eigenvalue weighted by molar-refractivity contribution is 5.90. The van der Waals surface area contributed by atoms with E-state index >= 15 is 0 Å².